The van der Waals surface area contributed by atoms with Crippen LogP contribution >= 0.6 is 0 Å². The monoisotopic (exact) mass is 408 g/mol. The zero-order valence-electron chi connectivity index (χ0n) is 17.2. The average molecular weight is 408 g/mol. The van der Waals surface area contributed by atoms with E-state index in [4.69, 9.17) is 9.47 Å². The van der Waals surface area contributed by atoms with Gasteiger partial charge in [0.15, 0.2) is 0 Å². The Labute approximate surface area is 174 Å². The molecule has 7 nitrogen and oxygen atoms in total. The fourth-order valence-electron chi connectivity index (χ4n) is 3.31. The highest BCUT2D eigenvalue weighted by Crippen LogP contribution is 2.22. The summed E-state index contributed by atoms with van der Waals surface area (Å²) in [5.41, 5.74) is 2.59. The number of aryl methyl sites for hydroxylation is 1. The molecule has 0 unspecified atom stereocenters. The smallest absolute Gasteiger partial charge is 0.338 e. The molecule has 30 heavy (non-hydrogen) atoms. The number of benzene rings is 2. The molecule has 0 aliphatic carbocycles. The molecular formula is C23H24N2O5. The molecule has 3 aromatic rings. The number of nitrogens with one attached hydrogen (secondary N) is 1. The summed E-state index contributed by atoms with van der Waals surface area (Å²) in [4.78, 5) is 37.0. The van der Waals surface area contributed by atoms with Gasteiger partial charge < -0.3 is 19.4 Å². The number of ether oxygens (including phenoxy) is 2. The van der Waals surface area contributed by atoms with Gasteiger partial charge in [-0.25, -0.2) is 9.59 Å². The van der Waals surface area contributed by atoms with Crippen LogP contribution in [0, 0.1) is 0 Å². The van der Waals surface area contributed by atoms with Crippen LogP contribution in [0.5, 0.6) is 0 Å². The van der Waals surface area contributed by atoms with E-state index in [9.17, 15) is 14.4 Å². The second-order valence-corrected chi connectivity index (χ2v) is 6.75. The molecular weight excluding hydrogens is 384 g/mol. The average Bonchev–Trinajstić information content (AvgIpc) is 3.03. The van der Waals surface area contributed by atoms with Gasteiger partial charge in [-0.1, -0.05) is 18.2 Å². The molecule has 0 spiro atoms. The van der Waals surface area contributed by atoms with Crippen molar-refractivity contribution in [1.29, 1.82) is 0 Å². The first-order chi connectivity index (χ1) is 14.4. The number of carbonyl (C=O) groups is 3. The van der Waals surface area contributed by atoms with E-state index in [2.05, 4.69) is 5.32 Å². The van der Waals surface area contributed by atoms with Crippen molar-refractivity contribution < 1.29 is 23.9 Å². The maximum absolute atomic E-state index is 12.7. The number of fused-ring (bicyclic) bond motifs is 1. The molecule has 7 heteroatoms. The predicted molar refractivity (Wildman–Crippen MR) is 114 cm³/mol. The van der Waals surface area contributed by atoms with Crippen molar-refractivity contribution in [3.05, 3.63) is 65.4 Å². The Bertz CT molecular complexity index is 1060. The molecule has 1 N–H and O–H groups in total. The van der Waals surface area contributed by atoms with Gasteiger partial charge in [0.1, 0.15) is 0 Å². The van der Waals surface area contributed by atoms with Crippen molar-refractivity contribution in [1.82, 2.24) is 4.57 Å². The van der Waals surface area contributed by atoms with Crippen LogP contribution in [-0.2, 0) is 27.7 Å². The lowest BCUT2D eigenvalue weighted by Gasteiger charge is -2.10. The molecule has 0 aliphatic heterocycles. The summed E-state index contributed by atoms with van der Waals surface area (Å²) in [6, 6.07) is 12.2. The van der Waals surface area contributed by atoms with E-state index in [0.717, 1.165) is 16.5 Å². The Hall–Kier alpha value is -3.61. The Balaban J connectivity index is 1.85. The van der Waals surface area contributed by atoms with Gasteiger partial charge in [0.05, 0.1) is 30.8 Å². The van der Waals surface area contributed by atoms with E-state index in [-0.39, 0.29) is 36.7 Å². The van der Waals surface area contributed by atoms with Gasteiger partial charge in [-0.15, -0.1) is 0 Å². The number of carbonyl (C=O) groups excluding carboxylic acids is 3. The molecule has 3 rings (SSSR count). The van der Waals surface area contributed by atoms with Crippen molar-refractivity contribution in [3.63, 3.8) is 0 Å². The van der Waals surface area contributed by atoms with Crippen LogP contribution in [0.25, 0.3) is 10.9 Å². The second-order valence-electron chi connectivity index (χ2n) is 6.75. The van der Waals surface area contributed by atoms with E-state index in [1.807, 2.05) is 42.1 Å². The summed E-state index contributed by atoms with van der Waals surface area (Å²) < 4.78 is 12.0. The Kier molecular flexibility index (Phi) is 6.51. The summed E-state index contributed by atoms with van der Waals surface area (Å²) in [6.45, 7) is 3.79. The molecule has 2 aromatic carbocycles. The maximum Gasteiger partial charge on any atom is 0.338 e. The number of aromatic nitrogens is 1. The summed E-state index contributed by atoms with van der Waals surface area (Å²) in [5, 5.41) is 3.78. The number of esters is 2. The molecule has 1 amide bonds. The molecule has 1 aromatic heterocycles. The molecule has 1 heterocycles. The number of rotatable bonds is 7. The van der Waals surface area contributed by atoms with Crippen LogP contribution in [0.2, 0.25) is 0 Å². The number of hydrogen-bond acceptors (Lipinski definition) is 5. The highest BCUT2D eigenvalue weighted by molar-refractivity contribution is 6.00. The minimum Gasteiger partial charge on any atom is -0.462 e. The highest BCUT2D eigenvalue weighted by atomic mass is 16.5. The standard InChI is InChI=1S/C23H24N2O5/c1-4-29-22(27)15-10-16(23(28)30-5-2)12-18(11-15)24-21(26)13-17-14-25(3)20-9-7-6-8-19(17)20/h6-12,14H,4-5,13H2,1-3H3,(H,24,26). The van der Waals surface area contributed by atoms with Crippen LogP contribution in [0.4, 0.5) is 5.69 Å². The van der Waals surface area contributed by atoms with Crippen LogP contribution in [0.15, 0.2) is 48.7 Å². The van der Waals surface area contributed by atoms with Gasteiger partial charge in [0, 0.05) is 29.8 Å². The van der Waals surface area contributed by atoms with Gasteiger partial charge in [-0.2, -0.15) is 0 Å². The lowest BCUT2D eigenvalue weighted by atomic mass is 10.1. The predicted octanol–water partition coefficient (Wildman–Crippen LogP) is 3.71. The van der Waals surface area contributed by atoms with Gasteiger partial charge in [-0.05, 0) is 43.7 Å². The van der Waals surface area contributed by atoms with E-state index in [1.165, 1.54) is 18.2 Å². The van der Waals surface area contributed by atoms with Crippen molar-refractivity contribution in [3.8, 4) is 0 Å². The Morgan fingerprint density at radius 1 is 0.933 bits per heavy atom. The normalized spacial score (nSPS) is 10.6. The number of hydrogen-bond donors (Lipinski definition) is 1. The number of para-hydroxylation sites is 1. The van der Waals surface area contributed by atoms with Crippen LogP contribution in [0.1, 0.15) is 40.1 Å². The van der Waals surface area contributed by atoms with E-state index in [0.29, 0.717) is 5.69 Å². The number of nitrogens with zero attached hydrogens (tertiary/aromatic N) is 1. The molecule has 0 fully saturated rings. The van der Waals surface area contributed by atoms with E-state index in [1.54, 1.807) is 13.8 Å². The quantitative estimate of drug-likeness (QED) is 0.602. The zero-order valence-corrected chi connectivity index (χ0v) is 17.2. The van der Waals surface area contributed by atoms with Crippen LogP contribution < -0.4 is 5.32 Å². The van der Waals surface area contributed by atoms with E-state index >= 15 is 0 Å². The van der Waals surface area contributed by atoms with Crippen LogP contribution in [0.3, 0.4) is 0 Å². The molecule has 0 saturated heterocycles. The lowest BCUT2D eigenvalue weighted by Crippen LogP contribution is -2.16. The molecule has 0 saturated carbocycles. The molecule has 156 valence electrons. The van der Waals surface area contributed by atoms with Gasteiger partial charge >= 0.3 is 11.9 Å². The SMILES string of the molecule is CCOC(=O)c1cc(NC(=O)Cc2cn(C)c3ccccc23)cc(C(=O)OCC)c1. The van der Waals surface area contributed by atoms with Crippen LogP contribution in [-0.4, -0.2) is 35.6 Å². The minimum atomic E-state index is -0.576. The fraction of sp³-hybridized carbons (Fsp3) is 0.261. The third kappa shape index (κ3) is 4.68. The molecule has 0 bridgehead atoms. The molecule has 0 atom stereocenters. The third-order valence-corrected chi connectivity index (χ3v) is 4.57. The van der Waals surface area contributed by atoms with Gasteiger partial charge in [0.25, 0.3) is 0 Å². The highest BCUT2D eigenvalue weighted by Gasteiger charge is 2.17. The summed E-state index contributed by atoms with van der Waals surface area (Å²) in [6.07, 6.45) is 2.07. The molecule has 0 radical (unpaired) electrons. The summed E-state index contributed by atoms with van der Waals surface area (Å²) in [7, 11) is 1.93. The largest absolute Gasteiger partial charge is 0.462 e. The Morgan fingerprint density at radius 2 is 1.53 bits per heavy atom. The van der Waals surface area contributed by atoms with Crippen molar-refractivity contribution in [2.75, 3.05) is 18.5 Å². The first kappa shape index (κ1) is 21.1. The van der Waals surface area contributed by atoms with Crippen molar-refractivity contribution in [2.45, 2.75) is 20.3 Å². The maximum atomic E-state index is 12.7. The topological polar surface area (TPSA) is 86.6 Å². The summed E-state index contributed by atoms with van der Waals surface area (Å²) in [5.74, 6) is -1.41. The van der Waals surface area contributed by atoms with Gasteiger partial charge in [0.2, 0.25) is 5.91 Å². The fourth-order valence-corrected chi connectivity index (χ4v) is 3.31. The van der Waals surface area contributed by atoms with Crippen molar-refractivity contribution >= 4 is 34.4 Å². The minimum absolute atomic E-state index is 0.153. The molecule has 0 aliphatic rings. The third-order valence-electron chi connectivity index (χ3n) is 4.57. The lowest BCUT2D eigenvalue weighted by molar-refractivity contribution is -0.115. The Morgan fingerprint density at radius 3 is 2.13 bits per heavy atom. The first-order valence-corrected chi connectivity index (χ1v) is 9.75. The van der Waals surface area contributed by atoms with E-state index < -0.39 is 11.9 Å². The number of anilines is 1. The first-order valence-electron chi connectivity index (χ1n) is 9.75. The second kappa shape index (κ2) is 9.26. The van der Waals surface area contributed by atoms with Gasteiger partial charge in [-0.3, -0.25) is 4.79 Å². The summed E-state index contributed by atoms with van der Waals surface area (Å²) >= 11 is 0. The number of amides is 1. The zero-order chi connectivity index (χ0) is 21.7. The van der Waals surface area contributed by atoms with Crippen molar-refractivity contribution in [2.24, 2.45) is 7.05 Å².